The summed E-state index contributed by atoms with van der Waals surface area (Å²) in [6.45, 7) is 7.00. The fourth-order valence-corrected chi connectivity index (χ4v) is 2.16. The van der Waals surface area contributed by atoms with E-state index < -0.39 is 5.60 Å². The van der Waals surface area contributed by atoms with Crippen LogP contribution in [0.15, 0.2) is 12.4 Å². The smallest absolute Gasteiger partial charge is 0.410 e. The van der Waals surface area contributed by atoms with Crippen molar-refractivity contribution in [3.8, 4) is 0 Å². The van der Waals surface area contributed by atoms with Crippen LogP contribution in [0.25, 0.3) is 0 Å². The maximum atomic E-state index is 11.9. The SMILES string of the molecule is CC(C)(C)OC(=O)N1CCC(OCc2nccnc2Cl)C1. The Labute approximate surface area is 129 Å². The zero-order valence-electron chi connectivity index (χ0n) is 12.5. The Morgan fingerprint density at radius 1 is 1.43 bits per heavy atom. The molecule has 0 saturated carbocycles. The molecule has 0 radical (unpaired) electrons. The standard InChI is InChI=1S/C14H20ClN3O3/c1-14(2,3)21-13(19)18-7-4-10(8-18)20-9-11-12(15)17-6-5-16-11/h5-6,10H,4,7-9H2,1-3H3. The number of rotatable bonds is 3. The molecule has 1 amide bonds. The van der Waals surface area contributed by atoms with Crippen molar-refractivity contribution in [2.24, 2.45) is 0 Å². The average Bonchev–Trinajstić information content (AvgIpc) is 2.85. The van der Waals surface area contributed by atoms with Crippen LogP contribution in [0.1, 0.15) is 32.9 Å². The van der Waals surface area contributed by atoms with E-state index in [0.717, 1.165) is 6.42 Å². The summed E-state index contributed by atoms with van der Waals surface area (Å²) in [5.41, 5.74) is 0.123. The van der Waals surface area contributed by atoms with E-state index in [1.165, 1.54) is 6.20 Å². The van der Waals surface area contributed by atoms with Gasteiger partial charge in [0.25, 0.3) is 0 Å². The molecule has 0 spiro atoms. The van der Waals surface area contributed by atoms with Crippen LogP contribution < -0.4 is 0 Å². The Bertz CT molecular complexity index is 504. The molecule has 6 nitrogen and oxygen atoms in total. The number of ether oxygens (including phenoxy) is 2. The zero-order valence-corrected chi connectivity index (χ0v) is 13.3. The van der Waals surface area contributed by atoms with Crippen LogP contribution in [0, 0.1) is 0 Å². The van der Waals surface area contributed by atoms with Crippen LogP contribution in [-0.4, -0.2) is 45.8 Å². The molecule has 7 heteroatoms. The van der Waals surface area contributed by atoms with E-state index in [1.807, 2.05) is 20.8 Å². The van der Waals surface area contributed by atoms with Crippen LogP contribution in [0.5, 0.6) is 0 Å². The maximum absolute atomic E-state index is 11.9. The van der Waals surface area contributed by atoms with Crippen molar-refractivity contribution >= 4 is 17.7 Å². The van der Waals surface area contributed by atoms with Gasteiger partial charge < -0.3 is 14.4 Å². The molecular weight excluding hydrogens is 294 g/mol. The third kappa shape index (κ3) is 4.82. The summed E-state index contributed by atoms with van der Waals surface area (Å²) in [4.78, 5) is 21.7. The Morgan fingerprint density at radius 3 is 2.81 bits per heavy atom. The largest absolute Gasteiger partial charge is 0.444 e. The molecule has 0 aromatic carbocycles. The number of halogens is 1. The second-order valence-corrected chi connectivity index (χ2v) is 6.30. The Kier molecular flexibility index (Phi) is 5.00. The summed E-state index contributed by atoms with van der Waals surface area (Å²) in [6, 6.07) is 0. The van der Waals surface area contributed by atoms with E-state index in [4.69, 9.17) is 21.1 Å². The Hall–Kier alpha value is -1.40. The number of amides is 1. The lowest BCUT2D eigenvalue weighted by Crippen LogP contribution is -2.36. The highest BCUT2D eigenvalue weighted by atomic mass is 35.5. The third-order valence-corrected chi connectivity index (χ3v) is 3.29. The van der Waals surface area contributed by atoms with Crippen molar-refractivity contribution in [1.29, 1.82) is 0 Å². The number of likely N-dealkylation sites (tertiary alicyclic amines) is 1. The second kappa shape index (κ2) is 6.58. The number of hydrogen-bond acceptors (Lipinski definition) is 5. The minimum atomic E-state index is -0.483. The number of carbonyl (C=O) groups excluding carboxylic acids is 1. The summed E-state index contributed by atoms with van der Waals surface area (Å²) in [7, 11) is 0. The second-order valence-electron chi connectivity index (χ2n) is 5.94. The van der Waals surface area contributed by atoms with Crippen molar-refractivity contribution in [3.63, 3.8) is 0 Å². The van der Waals surface area contributed by atoms with Gasteiger partial charge in [-0.05, 0) is 27.2 Å². The lowest BCUT2D eigenvalue weighted by Gasteiger charge is -2.24. The molecule has 1 fully saturated rings. The van der Waals surface area contributed by atoms with E-state index in [2.05, 4.69) is 9.97 Å². The molecular formula is C14H20ClN3O3. The Morgan fingerprint density at radius 2 is 2.14 bits per heavy atom. The molecule has 1 aliphatic rings. The molecule has 21 heavy (non-hydrogen) atoms. The number of nitrogens with zero attached hydrogens (tertiary/aromatic N) is 3. The number of aromatic nitrogens is 2. The van der Waals surface area contributed by atoms with Gasteiger partial charge in [-0.25, -0.2) is 9.78 Å². The van der Waals surface area contributed by atoms with Crippen LogP contribution in [0.2, 0.25) is 5.15 Å². The van der Waals surface area contributed by atoms with E-state index >= 15 is 0 Å². The molecule has 0 bridgehead atoms. The van der Waals surface area contributed by atoms with Gasteiger partial charge in [-0.15, -0.1) is 0 Å². The van der Waals surface area contributed by atoms with E-state index in [1.54, 1.807) is 11.1 Å². The van der Waals surface area contributed by atoms with Gasteiger partial charge in [0.15, 0.2) is 5.15 Å². The van der Waals surface area contributed by atoms with Gasteiger partial charge >= 0.3 is 6.09 Å². The quantitative estimate of drug-likeness (QED) is 0.858. The van der Waals surface area contributed by atoms with Crippen molar-refractivity contribution in [3.05, 3.63) is 23.2 Å². The molecule has 1 aromatic heterocycles. The lowest BCUT2D eigenvalue weighted by molar-refractivity contribution is 0.0179. The fraction of sp³-hybridized carbons (Fsp3) is 0.643. The van der Waals surface area contributed by atoms with Crippen molar-refractivity contribution in [2.45, 2.75) is 45.5 Å². The normalized spacial score (nSPS) is 18.9. The molecule has 1 atom stereocenters. The van der Waals surface area contributed by atoms with Gasteiger partial charge in [0, 0.05) is 18.9 Å². The molecule has 116 valence electrons. The van der Waals surface area contributed by atoms with Crippen LogP contribution in [-0.2, 0) is 16.1 Å². The molecule has 1 aliphatic heterocycles. The summed E-state index contributed by atoms with van der Waals surface area (Å²) in [6.07, 6.45) is 3.55. The third-order valence-electron chi connectivity index (χ3n) is 2.98. The topological polar surface area (TPSA) is 64.5 Å². The molecule has 0 N–H and O–H groups in total. The van der Waals surface area contributed by atoms with E-state index in [9.17, 15) is 4.79 Å². The fourth-order valence-electron chi connectivity index (χ4n) is 2.00. The first-order valence-electron chi connectivity index (χ1n) is 6.90. The maximum Gasteiger partial charge on any atom is 0.410 e. The average molecular weight is 314 g/mol. The van der Waals surface area contributed by atoms with Gasteiger partial charge in [0.1, 0.15) is 11.3 Å². The molecule has 1 unspecified atom stereocenters. The van der Waals surface area contributed by atoms with Crippen molar-refractivity contribution in [1.82, 2.24) is 14.9 Å². The summed E-state index contributed by atoms with van der Waals surface area (Å²) < 4.78 is 11.1. The summed E-state index contributed by atoms with van der Waals surface area (Å²) >= 11 is 5.92. The van der Waals surface area contributed by atoms with E-state index in [0.29, 0.717) is 30.5 Å². The molecule has 1 saturated heterocycles. The van der Waals surface area contributed by atoms with Crippen molar-refractivity contribution in [2.75, 3.05) is 13.1 Å². The van der Waals surface area contributed by atoms with Gasteiger partial charge in [0.05, 0.1) is 19.3 Å². The molecule has 0 aliphatic carbocycles. The van der Waals surface area contributed by atoms with Crippen molar-refractivity contribution < 1.29 is 14.3 Å². The highest BCUT2D eigenvalue weighted by Crippen LogP contribution is 2.19. The molecule has 2 heterocycles. The zero-order chi connectivity index (χ0) is 15.5. The highest BCUT2D eigenvalue weighted by Gasteiger charge is 2.30. The van der Waals surface area contributed by atoms with Gasteiger partial charge in [-0.1, -0.05) is 11.6 Å². The van der Waals surface area contributed by atoms with E-state index in [-0.39, 0.29) is 12.2 Å². The first-order chi connectivity index (χ1) is 9.85. The molecule has 1 aromatic rings. The molecule has 2 rings (SSSR count). The first-order valence-corrected chi connectivity index (χ1v) is 7.28. The number of carbonyl (C=O) groups is 1. The monoisotopic (exact) mass is 313 g/mol. The summed E-state index contributed by atoms with van der Waals surface area (Å²) in [5.74, 6) is 0. The van der Waals surface area contributed by atoms with Gasteiger partial charge in [0.2, 0.25) is 0 Å². The summed E-state index contributed by atoms with van der Waals surface area (Å²) in [5, 5.41) is 0.347. The van der Waals surface area contributed by atoms with Crippen LogP contribution in [0.3, 0.4) is 0 Å². The van der Waals surface area contributed by atoms with Gasteiger partial charge in [-0.3, -0.25) is 4.98 Å². The first kappa shape index (κ1) is 16.0. The minimum Gasteiger partial charge on any atom is -0.444 e. The van der Waals surface area contributed by atoms with Crippen LogP contribution in [0.4, 0.5) is 4.79 Å². The predicted molar refractivity (Wildman–Crippen MR) is 78.0 cm³/mol. The van der Waals surface area contributed by atoms with Crippen LogP contribution >= 0.6 is 11.6 Å². The predicted octanol–water partition coefficient (Wildman–Crippen LogP) is 2.66. The number of hydrogen-bond donors (Lipinski definition) is 0. The Balaban J connectivity index is 1.80. The van der Waals surface area contributed by atoms with Gasteiger partial charge in [-0.2, -0.15) is 0 Å². The highest BCUT2D eigenvalue weighted by molar-refractivity contribution is 6.29. The minimum absolute atomic E-state index is 0.0319. The lowest BCUT2D eigenvalue weighted by atomic mass is 10.2.